The topological polar surface area (TPSA) is 68.3 Å². The fourth-order valence-corrected chi connectivity index (χ4v) is 6.64. The van der Waals surface area contributed by atoms with Crippen LogP contribution in [-0.2, 0) is 16.1 Å². The first-order chi connectivity index (χ1) is 22.9. The summed E-state index contributed by atoms with van der Waals surface area (Å²) < 4.78 is 17.8. The maximum Gasteiger partial charge on any atom is 0.410 e. The fourth-order valence-electron chi connectivity index (χ4n) is 6.26. The fraction of sp³-hybridized carbons (Fsp3) is 0.436. The molecule has 9 heteroatoms. The van der Waals surface area contributed by atoms with E-state index in [9.17, 15) is 9.59 Å². The molecular formula is C39H46Cl2N2O5. The zero-order valence-electron chi connectivity index (χ0n) is 28.8. The smallest absolute Gasteiger partial charge is 0.410 e. The number of rotatable bonds is 11. The van der Waals surface area contributed by atoms with Gasteiger partial charge >= 0.3 is 6.09 Å². The molecule has 48 heavy (non-hydrogen) atoms. The number of amides is 2. The van der Waals surface area contributed by atoms with Gasteiger partial charge in [-0.15, -0.1) is 0 Å². The first kappa shape index (κ1) is 35.6. The van der Waals surface area contributed by atoms with E-state index in [-0.39, 0.29) is 11.9 Å². The quantitative estimate of drug-likeness (QED) is 0.187. The van der Waals surface area contributed by atoms with Crippen molar-refractivity contribution in [1.82, 2.24) is 9.80 Å². The van der Waals surface area contributed by atoms with E-state index in [1.165, 1.54) is 0 Å². The summed E-state index contributed by atoms with van der Waals surface area (Å²) in [5.74, 6) is 1.51. The molecule has 256 valence electrons. The molecule has 5 rings (SSSR count). The minimum Gasteiger partial charge on any atom is -0.490 e. The number of benzene rings is 3. The summed E-state index contributed by atoms with van der Waals surface area (Å²) in [7, 11) is 0. The third-order valence-electron chi connectivity index (χ3n) is 8.71. The molecule has 1 aliphatic heterocycles. The molecule has 3 aromatic rings. The Bertz CT molecular complexity index is 1640. The second-order valence-electron chi connectivity index (χ2n) is 13.6. The van der Waals surface area contributed by atoms with Gasteiger partial charge in [0.05, 0.1) is 16.1 Å². The van der Waals surface area contributed by atoms with Gasteiger partial charge in [-0.05, 0) is 106 Å². The summed E-state index contributed by atoms with van der Waals surface area (Å²) in [5.41, 5.74) is 4.80. The van der Waals surface area contributed by atoms with Crippen molar-refractivity contribution in [2.24, 2.45) is 0 Å². The minimum atomic E-state index is -0.660. The van der Waals surface area contributed by atoms with Crippen molar-refractivity contribution in [3.63, 3.8) is 0 Å². The van der Waals surface area contributed by atoms with Crippen molar-refractivity contribution < 1.29 is 23.8 Å². The van der Waals surface area contributed by atoms with Gasteiger partial charge in [-0.2, -0.15) is 0 Å². The summed E-state index contributed by atoms with van der Waals surface area (Å²) in [5, 5.41) is 0.907. The van der Waals surface area contributed by atoms with Crippen LogP contribution in [0.1, 0.15) is 75.6 Å². The molecule has 0 aromatic heterocycles. The van der Waals surface area contributed by atoms with Crippen LogP contribution in [0.5, 0.6) is 11.5 Å². The summed E-state index contributed by atoms with van der Waals surface area (Å²) in [4.78, 5) is 31.9. The van der Waals surface area contributed by atoms with Crippen LogP contribution in [0.3, 0.4) is 0 Å². The number of halogens is 2. The number of aryl methyl sites for hydroxylation is 2. The largest absolute Gasteiger partial charge is 0.490 e. The Morgan fingerprint density at radius 1 is 0.917 bits per heavy atom. The molecule has 1 heterocycles. The molecule has 1 saturated carbocycles. The van der Waals surface area contributed by atoms with Gasteiger partial charge in [-0.1, -0.05) is 72.6 Å². The van der Waals surface area contributed by atoms with Crippen LogP contribution in [-0.4, -0.2) is 59.2 Å². The Kier molecular flexibility index (Phi) is 11.3. The zero-order valence-corrected chi connectivity index (χ0v) is 30.3. The highest BCUT2D eigenvalue weighted by Crippen LogP contribution is 2.39. The second kappa shape index (κ2) is 15.3. The Morgan fingerprint density at radius 2 is 1.56 bits per heavy atom. The lowest BCUT2D eigenvalue weighted by molar-refractivity contribution is -0.129. The van der Waals surface area contributed by atoms with Crippen LogP contribution in [0, 0.1) is 13.8 Å². The van der Waals surface area contributed by atoms with Gasteiger partial charge < -0.3 is 24.0 Å². The molecule has 0 bridgehead atoms. The van der Waals surface area contributed by atoms with Crippen LogP contribution < -0.4 is 9.47 Å². The molecule has 2 amide bonds. The molecule has 0 spiro atoms. The molecule has 0 N–H and O–H groups in total. The van der Waals surface area contributed by atoms with E-state index in [0.717, 1.165) is 46.4 Å². The van der Waals surface area contributed by atoms with Gasteiger partial charge in [-0.25, -0.2) is 4.79 Å². The Morgan fingerprint density at radius 3 is 2.19 bits per heavy atom. The van der Waals surface area contributed by atoms with Gasteiger partial charge in [0, 0.05) is 24.7 Å². The van der Waals surface area contributed by atoms with E-state index in [1.807, 2.05) is 101 Å². The monoisotopic (exact) mass is 692 g/mol. The van der Waals surface area contributed by atoms with Gasteiger partial charge in [0.15, 0.2) is 0 Å². The van der Waals surface area contributed by atoms with E-state index < -0.39 is 17.7 Å². The zero-order chi connectivity index (χ0) is 34.6. The summed E-state index contributed by atoms with van der Waals surface area (Å²) in [6.45, 7) is 13.2. The van der Waals surface area contributed by atoms with Crippen molar-refractivity contribution in [2.75, 3.05) is 19.8 Å². The van der Waals surface area contributed by atoms with Crippen molar-refractivity contribution in [2.45, 2.75) is 91.5 Å². The van der Waals surface area contributed by atoms with Gasteiger partial charge in [0.2, 0.25) is 0 Å². The lowest BCUT2D eigenvalue weighted by Crippen LogP contribution is -2.50. The van der Waals surface area contributed by atoms with E-state index in [1.54, 1.807) is 11.0 Å². The SMILES string of the molecule is CC[C@@H]1C(C(=O)N(Cc2cccc(Cl)c2Cl)C2CC2)=C(c2ccc(OCCOc3c(C)cccc3C)cc2)CCN1C(=O)OC(C)(C)C. The Hall–Kier alpha value is -3.68. The summed E-state index contributed by atoms with van der Waals surface area (Å²) >= 11 is 12.9. The van der Waals surface area contributed by atoms with Crippen LogP contribution >= 0.6 is 23.2 Å². The average Bonchev–Trinajstić information content (AvgIpc) is 3.89. The summed E-state index contributed by atoms with van der Waals surface area (Å²) in [6.07, 6.45) is 2.48. The van der Waals surface area contributed by atoms with E-state index >= 15 is 0 Å². The maximum atomic E-state index is 14.8. The number of hydrogen-bond acceptors (Lipinski definition) is 5. The molecule has 1 fully saturated rings. The first-order valence-electron chi connectivity index (χ1n) is 16.8. The van der Waals surface area contributed by atoms with Crippen molar-refractivity contribution in [1.29, 1.82) is 0 Å². The van der Waals surface area contributed by atoms with Crippen molar-refractivity contribution in [3.05, 3.63) is 98.5 Å². The van der Waals surface area contributed by atoms with E-state index in [2.05, 4.69) is 0 Å². The number of carbonyl (C=O) groups is 2. The van der Waals surface area contributed by atoms with Crippen molar-refractivity contribution >= 4 is 40.8 Å². The summed E-state index contributed by atoms with van der Waals surface area (Å²) in [6, 6.07) is 19.1. The first-order valence-corrected chi connectivity index (χ1v) is 17.5. The predicted molar refractivity (Wildman–Crippen MR) is 192 cm³/mol. The molecular weight excluding hydrogens is 647 g/mol. The lowest BCUT2D eigenvalue weighted by Gasteiger charge is -2.40. The Balaban J connectivity index is 1.42. The predicted octanol–water partition coefficient (Wildman–Crippen LogP) is 9.43. The van der Waals surface area contributed by atoms with Gasteiger partial charge in [0.25, 0.3) is 5.91 Å². The van der Waals surface area contributed by atoms with Gasteiger partial charge in [0.1, 0.15) is 30.3 Å². The molecule has 2 aliphatic rings. The number of hydrogen-bond donors (Lipinski definition) is 0. The van der Waals surface area contributed by atoms with E-state index in [0.29, 0.717) is 60.5 Å². The average molecular weight is 694 g/mol. The molecule has 3 aromatic carbocycles. The molecule has 7 nitrogen and oxygen atoms in total. The number of para-hydroxylation sites is 1. The number of carbonyl (C=O) groups excluding carboxylic acids is 2. The molecule has 1 aliphatic carbocycles. The molecule has 1 atom stereocenters. The third-order valence-corrected chi connectivity index (χ3v) is 9.57. The minimum absolute atomic E-state index is 0.0902. The maximum absolute atomic E-state index is 14.8. The Labute approximate surface area is 294 Å². The third kappa shape index (κ3) is 8.48. The molecule has 0 radical (unpaired) electrons. The van der Waals surface area contributed by atoms with Crippen LogP contribution in [0.2, 0.25) is 10.0 Å². The lowest BCUT2D eigenvalue weighted by atomic mass is 9.86. The van der Waals surface area contributed by atoms with E-state index in [4.69, 9.17) is 37.4 Å². The normalized spacial score (nSPS) is 16.5. The highest BCUT2D eigenvalue weighted by atomic mass is 35.5. The number of nitrogens with zero attached hydrogens (tertiary/aromatic N) is 2. The van der Waals surface area contributed by atoms with Gasteiger partial charge in [-0.3, -0.25) is 4.79 Å². The van der Waals surface area contributed by atoms with Crippen LogP contribution in [0.15, 0.2) is 66.2 Å². The highest BCUT2D eigenvalue weighted by molar-refractivity contribution is 6.42. The molecule has 0 unspecified atom stereocenters. The molecule has 0 saturated heterocycles. The second-order valence-corrected chi connectivity index (χ2v) is 14.3. The van der Waals surface area contributed by atoms with Crippen LogP contribution in [0.4, 0.5) is 4.79 Å². The number of ether oxygens (including phenoxy) is 3. The van der Waals surface area contributed by atoms with Crippen molar-refractivity contribution in [3.8, 4) is 11.5 Å². The highest BCUT2D eigenvalue weighted by Gasteiger charge is 2.42. The van der Waals surface area contributed by atoms with Crippen LogP contribution in [0.25, 0.3) is 5.57 Å². The standard InChI is InChI=1S/C39H46Cl2N2O5/c1-7-33-34(37(44)43(29-16-17-29)24-28-12-9-13-32(40)35(28)41)31(20-21-42(33)38(45)48-39(4,5)6)27-14-18-30(19-15-27)46-22-23-47-36-25(2)10-8-11-26(36)3/h8-15,18-19,29,33H,7,16-17,20-24H2,1-6H3/t33-/m1/s1.